The Balaban J connectivity index is 1.67. The predicted octanol–water partition coefficient (Wildman–Crippen LogP) is 3.67. The van der Waals surface area contributed by atoms with Crippen LogP contribution in [0.1, 0.15) is 17.4 Å². The van der Waals surface area contributed by atoms with Crippen molar-refractivity contribution in [3.05, 3.63) is 71.9 Å². The summed E-state index contributed by atoms with van der Waals surface area (Å²) in [7, 11) is 2.81. The van der Waals surface area contributed by atoms with Crippen molar-refractivity contribution >= 4 is 16.9 Å². The van der Waals surface area contributed by atoms with E-state index in [1.165, 1.54) is 14.2 Å². The lowest BCUT2D eigenvalue weighted by Gasteiger charge is -2.14. The van der Waals surface area contributed by atoms with Gasteiger partial charge in [0.15, 0.2) is 6.10 Å². The number of aromatic nitrogens is 1. The second-order valence-corrected chi connectivity index (χ2v) is 5.49. The Morgan fingerprint density at radius 3 is 2.48 bits per heavy atom. The molecule has 0 aliphatic carbocycles. The standard InChI is InChI=1S/C20H19NO4/c1-23-19(20(22)24-2)15-8-11-17(12-9-15)25-13-16-10-7-14-5-3-4-6-18(14)21-16/h3-12,19H,13H2,1-2H3. The summed E-state index contributed by atoms with van der Waals surface area (Å²) in [5.41, 5.74) is 2.51. The van der Waals surface area contributed by atoms with Crippen LogP contribution in [0, 0.1) is 0 Å². The van der Waals surface area contributed by atoms with Crippen LogP contribution in [0.15, 0.2) is 60.7 Å². The summed E-state index contributed by atoms with van der Waals surface area (Å²) < 4.78 is 15.7. The van der Waals surface area contributed by atoms with E-state index in [2.05, 4.69) is 4.98 Å². The highest BCUT2D eigenvalue weighted by atomic mass is 16.6. The number of nitrogens with zero attached hydrogens (tertiary/aromatic N) is 1. The van der Waals surface area contributed by atoms with Crippen LogP contribution in [-0.2, 0) is 20.9 Å². The Kier molecular flexibility index (Phi) is 5.26. The lowest BCUT2D eigenvalue weighted by atomic mass is 10.1. The molecular formula is C20H19NO4. The van der Waals surface area contributed by atoms with Gasteiger partial charge in [-0.05, 0) is 29.8 Å². The van der Waals surface area contributed by atoms with Gasteiger partial charge in [-0.1, -0.05) is 36.4 Å². The number of para-hydroxylation sites is 1. The van der Waals surface area contributed by atoms with Crippen molar-refractivity contribution in [2.24, 2.45) is 0 Å². The number of carbonyl (C=O) groups is 1. The molecule has 5 heteroatoms. The fraction of sp³-hybridized carbons (Fsp3) is 0.200. The molecule has 2 aromatic carbocycles. The van der Waals surface area contributed by atoms with Crippen LogP contribution in [0.5, 0.6) is 5.75 Å². The maximum atomic E-state index is 11.7. The van der Waals surface area contributed by atoms with E-state index in [1.54, 1.807) is 24.3 Å². The third-order valence-corrected chi connectivity index (χ3v) is 3.88. The zero-order chi connectivity index (χ0) is 17.6. The second kappa shape index (κ2) is 7.77. The fourth-order valence-corrected chi connectivity index (χ4v) is 2.56. The quantitative estimate of drug-likeness (QED) is 0.642. The lowest BCUT2D eigenvalue weighted by Crippen LogP contribution is -2.15. The van der Waals surface area contributed by atoms with Crippen molar-refractivity contribution in [3.63, 3.8) is 0 Å². The zero-order valence-electron chi connectivity index (χ0n) is 14.1. The number of hydrogen-bond donors (Lipinski definition) is 0. The van der Waals surface area contributed by atoms with Crippen molar-refractivity contribution in [2.75, 3.05) is 14.2 Å². The molecule has 0 N–H and O–H groups in total. The summed E-state index contributed by atoms with van der Waals surface area (Å²) >= 11 is 0. The number of benzene rings is 2. The molecular weight excluding hydrogens is 318 g/mol. The molecule has 0 fully saturated rings. The highest BCUT2D eigenvalue weighted by molar-refractivity contribution is 5.78. The maximum absolute atomic E-state index is 11.7. The summed E-state index contributed by atoms with van der Waals surface area (Å²) in [5.74, 6) is 0.259. The topological polar surface area (TPSA) is 57.7 Å². The average molecular weight is 337 g/mol. The molecule has 1 aromatic heterocycles. The van der Waals surface area contributed by atoms with Crippen molar-refractivity contribution < 1.29 is 19.0 Å². The van der Waals surface area contributed by atoms with Gasteiger partial charge in [-0.15, -0.1) is 0 Å². The minimum Gasteiger partial charge on any atom is -0.487 e. The molecule has 25 heavy (non-hydrogen) atoms. The Morgan fingerprint density at radius 1 is 1.00 bits per heavy atom. The van der Waals surface area contributed by atoms with Crippen LogP contribution in [0.2, 0.25) is 0 Å². The normalized spacial score (nSPS) is 11.9. The van der Waals surface area contributed by atoms with E-state index in [1.807, 2.05) is 36.4 Å². The minimum atomic E-state index is -0.735. The third kappa shape index (κ3) is 3.95. The largest absolute Gasteiger partial charge is 0.487 e. The SMILES string of the molecule is COC(=O)C(OC)c1ccc(OCc2ccc3ccccc3n2)cc1. The summed E-state index contributed by atoms with van der Waals surface area (Å²) in [6.07, 6.45) is -0.735. The van der Waals surface area contributed by atoms with Crippen molar-refractivity contribution in [1.82, 2.24) is 4.98 Å². The number of hydrogen-bond acceptors (Lipinski definition) is 5. The second-order valence-electron chi connectivity index (χ2n) is 5.49. The molecule has 0 spiro atoms. The van der Waals surface area contributed by atoms with E-state index in [-0.39, 0.29) is 0 Å². The van der Waals surface area contributed by atoms with Gasteiger partial charge in [-0.3, -0.25) is 0 Å². The monoisotopic (exact) mass is 337 g/mol. The molecule has 0 bridgehead atoms. The fourth-order valence-electron chi connectivity index (χ4n) is 2.56. The molecule has 128 valence electrons. The smallest absolute Gasteiger partial charge is 0.339 e. The van der Waals surface area contributed by atoms with Crippen LogP contribution in [0.25, 0.3) is 10.9 Å². The number of fused-ring (bicyclic) bond motifs is 1. The number of pyridine rings is 1. The van der Waals surface area contributed by atoms with Crippen LogP contribution < -0.4 is 4.74 Å². The number of ether oxygens (including phenoxy) is 3. The lowest BCUT2D eigenvalue weighted by molar-refractivity contribution is -0.152. The van der Waals surface area contributed by atoms with Crippen LogP contribution in [0.3, 0.4) is 0 Å². The van der Waals surface area contributed by atoms with Gasteiger partial charge in [0.05, 0.1) is 18.3 Å². The average Bonchev–Trinajstić information content (AvgIpc) is 2.67. The molecule has 5 nitrogen and oxygen atoms in total. The summed E-state index contributed by atoms with van der Waals surface area (Å²) in [4.78, 5) is 16.2. The van der Waals surface area contributed by atoms with Gasteiger partial charge in [0, 0.05) is 12.5 Å². The molecule has 3 rings (SSSR count). The van der Waals surface area contributed by atoms with Crippen molar-refractivity contribution in [3.8, 4) is 5.75 Å². The molecule has 0 amide bonds. The first-order valence-corrected chi connectivity index (χ1v) is 7.89. The van der Waals surface area contributed by atoms with Crippen molar-refractivity contribution in [1.29, 1.82) is 0 Å². The Bertz CT molecular complexity index is 861. The van der Waals surface area contributed by atoms with Gasteiger partial charge in [0.1, 0.15) is 12.4 Å². The summed E-state index contributed by atoms with van der Waals surface area (Å²) in [6.45, 7) is 0.370. The van der Waals surface area contributed by atoms with Crippen LogP contribution >= 0.6 is 0 Å². The van der Waals surface area contributed by atoms with E-state index in [4.69, 9.17) is 14.2 Å². The predicted molar refractivity (Wildman–Crippen MR) is 94.3 cm³/mol. The number of carbonyl (C=O) groups excluding carboxylic acids is 1. The van der Waals surface area contributed by atoms with Gasteiger partial charge in [-0.25, -0.2) is 9.78 Å². The first kappa shape index (κ1) is 16.9. The Labute approximate surface area is 146 Å². The van der Waals surface area contributed by atoms with E-state index >= 15 is 0 Å². The van der Waals surface area contributed by atoms with E-state index in [0.717, 1.165) is 16.6 Å². The molecule has 1 heterocycles. The van der Waals surface area contributed by atoms with Gasteiger partial charge >= 0.3 is 5.97 Å². The Hall–Kier alpha value is -2.92. The first-order chi connectivity index (χ1) is 12.2. The van der Waals surface area contributed by atoms with E-state index in [9.17, 15) is 4.79 Å². The number of rotatable bonds is 6. The highest BCUT2D eigenvalue weighted by Crippen LogP contribution is 2.22. The molecule has 1 atom stereocenters. The summed E-state index contributed by atoms with van der Waals surface area (Å²) in [6, 6.07) is 19.1. The molecule has 1 unspecified atom stereocenters. The molecule has 0 radical (unpaired) electrons. The van der Waals surface area contributed by atoms with E-state index < -0.39 is 12.1 Å². The molecule has 0 aliphatic rings. The van der Waals surface area contributed by atoms with Gasteiger partial charge in [0.25, 0.3) is 0 Å². The van der Waals surface area contributed by atoms with Gasteiger partial charge in [0.2, 0.25) is 0 Å². The van der Waals surface area contributed by atoms with Gasteiger partial charge in [-0.2, -0.15) is 0 Å². The third-order valence-electron chi connectivity index (χ3n) is 3.88. The zero-order valence-corrected chi connectivity index (χ0v) is 14.1. The molecule has 0 saturated heterocycles. The number of methoxy groups -OCH3 is 2. The number of esters is 1. The molecule has 0 saturated carbocycles. The van der Waals surface area contributed by atoms with Crippen molar-refractivity contribution in [2.45, 2.75) is 12.7 Å². The summed E-state index contributed by atoms with van der Waals surface area (Å²) in [5, 5.41) is 1.10. The molecule has 3 aromatic rings. The van der Waals surface area contributed by atoms with Crippen LogP contribution in [-0.4, -0.2) is 25.2 Å². The van der Waals surface area contributed by atoms with Gasteiger partial charge < -0.3 is 14.2 Å². The maximum Gasteiger partial charge on any atom is 0.339 e. The Morgan fingerprint density at radius 2 is 1.76 bits per heavy atom. The molecule has 0 aliphatic heterocycles. The first-order valence-electron chi connectivity index (χ1n) is 7.89. The minimum absolute atomic E-state index is 0.370. The van der Waals surface area contributed by atoms with Crippen LogP contribution in [0.4, 0.5) is 0 Å². The van der Waals surface area contributed by atoms with E-state index in [0.29, 0.717) is 17.9 Å². The highest BCUT2D eigenvalue weighted by Gasteiger charge is 2.20.